The van der Waals surface area contributed by atoms with E-state index in [0.29, 0.717) is 11.6 Å². The lowest BCUT2D eigenvalue weighted by Crippen LogP contribution is -2.48. The molecular weight excluding hydrogens is 330 g/mol. The van der Waals surface area contributed by atoms with Crippen LogP contribution in [-0.4, -0.2) is 54.5 Å². The first-order chi connectivity index (χ1) is 12.3. The van der Waals surface area contributed by atoms with E-state index in [9.17, 15) is 9.59 Å². The fourth-order valence-electron chi connectivity index (χ4n) is 3.06. The summed E-state index contributed by atoms with van der Waals surface area (Å²) in [7, 11) is 0. The van der Waals surface area contributed by atoms with Crippen molar-refractivity contribution < 1.29 is 14.3 Å². The number of nitrogens with one attached hydrogen (secondary N) is 2. The molecule has 1 saturated heterocycles. The molecule has 26 heavy (non-hydrogen) atoms. The van der Waals surface area contributed by atoms with Crippen LogP contribution >= 0.6 is 0 Å². The van der Waals surface area contributed by atoms with Gasteiger partial charge in [-0.2, -0.15) is 0 Å². The number of carbonyl (C=O) groups is 2. The van der Waals surface area contributed by atoms with Crippen molar-refractivity contribution in [3.63, 3.8) is 0 Å². The number of rotatable bonds is 7. The molecule has 0 bridgehead atoms. The third-order valence-electron chi connectivity index (χ3n) is 4.52. The molecule has 0 aromatic heterocycles. The van der Waals surface area contributed by atoms with E-state index < -0.39 is 0 Å². The van der Waals surface area contributed by atoms with Crippen LogP contribution in [0.1, 0.15) is 50.9 Å². The second kappa shape index (κ2) is 9.57. The number of benzene rings is 1. The van der Waals surface area contributed by atoms with Gasteiger partial charge < -0.3 is 20.3 Å². The van der Waals surface area contributed by atoms with Crippen molar-refractivity contribution in [1.82, 2.24) is 15.5 Å². The van der Waals surface area contributed by atoms with Crippen molar-refractivity contribution in [2.24, 2.45) is 0 Å². The third kappa shape index (κ3) is 6.33. The molecule has 0 radical (unpaired) electrons. The normalized spacial score (nSPS) is 15.9. The predicted octanol–water partition coefficient (Wildman–Crippen LogP) is 2.19. The quantitative estimate of drug-likeness (QED) is 0.781. The molecule has 1 aromatic rings. The number of ether oxygens (including phenoxy) is 1. The van der Waals surface area contributed by atoms with Crippen molar-refractivity contribution in [3.8, 4) is 5.75 Å². The van der Waals surface area contributed by atoms with Crippen LogP contribution in [0, 0.1) is 0 Å². The van der Waals surface area contributed by atoms with Gasteiger partial charge in [0.1, 0.15) is 5.75 Å². The van der Waals surface area contributed by atoms with Gasteiger partial charge in [-0.15, -0.1) is 0 Å². The molecule has 0 spiro atoms. The Morgan fingerprint density at radius 3 is 2.27 bits per heavy atom. The number of amides is 2. The molecule has 1 aromatic carbocycles. The first-order valence-corrected chi connectivity index (χ1v) is 9.43. The van der Waals surface area contributed by atoms with Gasteiger partial charge in [0.05, 0.1) is 12.6 Å². The monoisotopic (exact) mass is 361 g/mol. The SMILES string of the molecule is CC(C)Oc1ccc(C(=O)NCC(=O)NC2CCN(C(C)C)CC2)cc1. The molecule has 1 heterocycles. The van der Waals surface area contributed by atoms with Gasteiger partial charge in [0.2, 0.25) is 5.91 Å². The Morgan fingerprint density at radius 2 is 1.73 bits per heavy atom. The lowest BCUT2D eigenvalue weighted by molar-refractivity contribution is -0.121. The zero-order chi connectivity index (χ0) is 19.1. The topological polar surface area (TPSA) is 70.7 Å². The van der Waals surface area contributed by atoms with Gasteiger partial charge in [-0.25, -0.2) is 0 Å². The fraction of sp³-hybridized carbons (Fsp3) is 0.600. The fourth-order valence-corrected chi connectivity index (χ4v) is 3.06. The molecule has 0 unspecified atom stereocenters. The maximum atomic E-state index is 12.2. The van der Waals surface area contributed by atoms with Crippen LogP contribution in [0.4, 0.5) is 0 Å². The highest BCUT2D eigenvalue weighted by atomic mass is 16.5. The summed E-state index contributed by atoms with van der Waals surface area (Å²) in [5, 5.41) is 5.69. The minimum atomic E-state index is -0.258. The van der Waals surface area contributed by atoms with E-state index in [2.05, 4.69) is 29.4 Å². The minimum absolute atomic E-state index is 0.00647. The predicted molar refractivity (Wildman–Crippen MR) is 102 cm³/mol. The molecule has 2 amide bonds. The van der Waals surface area contributed by atoms with Crippen LogP contribution in [-0.2, 0) is 4.79 Å². The Kier molecular flexibility index (Phi) is 7.45. The third-order valence-corrected chi connectivity index (χ3v) is 4.52. The summed E-state index contributed by atoms with van der Waals surface area (Å²) in [6, 6.07) is 7.67. The minimum Gasteiger partial charge on any atom is -0.491 e. The van der Waals surface area contributed by atoms with E-state index in [1.165, 1.54) is 0 Å². The molecule has 2 rings (SSSR count). The molecule has 6 heteroatoms. The van der Waals surface area contributed by atoms with Gasteiger partial charge in [-0.3, -0.25) is 9.59 Å². The summed E-state index contributed by atoms with van der Waals surface area (Å²) in [6.45, 7) is 10.3. The smallest absolute Gasteiger partial charge is 0.251 e. The zero-order valence-corrected chi connectivity index (χ0v) is 16.2. The van der Waals surface area contributed by atoms with Gasteiger partial charge >= 0.3 is 0 Å². The lowest BCUT2D eigenvalue weighted by Gasteiger charge is -2.34. The molecule has 0 atom stereocenters. The first kappa shape index (κ1) is 20.2. The Bertz CT molecular complexity index is 591. The molecular formula is C20H31N3O3. The highest BCUT2D eigenvalue weighted by molar-refractivity contribution is 5.96. The molecule has 144 valence electrons. The van der Waals surface area contributed by atoms with Crippen LogP contribution in [0.5, 0.6) is 5.75 Å². The van der Waals surface area contributed by atoms with Crippen LogP contribution in [0.2, 0.25) is 0 Å². The Balaban J connectivity index is 1.72. The molecule has 1 aliphatic rings. The number of hydrogen-bond donors (Lipinski definition) is 2. The summed E-state index contributed by atoms with van der Waals surface area (Å²) in [6.07, 6.45) is 2.00. The number of nitrogens with zero attached hydrogens (tertiary/aromatic N) is 1. The number of hydrogen-bond acceptors (Lipinski definition) is 4. The molecule has 6 nitrogen and oxygen atoms in total. The van der Waals surface area contributed by atoms with Crippen molar-refractivity contribution in [2.75, 3.05) is 19.6 Å². The number of piperidine rings is 1. The van der Waals surface area contributed by atoms with Crippen molar-refractivity contribution in [3.05, 3.63) is 29.8 Å². The van der Waals surface area contributed by atoms with E-state index in [0.717, 1.165) is 31.7 Å². The first-order valence-electron chi connectivity index (χ1n) is 9.43. The highest BCUT2D eigenvalue weighted by Crippen LogP contribution is 2.14. The summed E-state index contributed by atoms with van der Waals surface area (Å²) in [5.74, 6) is 0.328. The Labute approximate surface area is 156 Å². The molecule has 2 N–H and O–H groups in total. The average Bonchev–Trinajstić information content (AvgIpc) is 2.60. The van der Waals surface area contributed by atoms with E-state index in [-0.39, 0.29) is 30.5 Å². The maximum absolute atomic E-state index is 12.2. The van der Waals surface area contributed by atoms with Gasteiger partial charge in [0.25, 0.3) is 5.91 Å². The van der Waals surface area contributed by atoms with Crippen LogP contribution < -0.4 is 15.4 Å². The summed E-state index contributed by atoms with van der Waals surface area (Å²) in [4.78, 5) is 26.6. The average molecular weight is 361 g/mol. The standard InChI is InChI=1S/C20H31N3O3/c1-14(2)23-11-9-17(10-12-23)22-19(24)13-21-20(25)16-5-7-18(8-6-16)26-15(3)4/h5-8,14-15,17H,9-13H2,1-4H3,(H,21,25)(H,22,24). The zero-order valence-electron chi connectivity index (χ0n) is 16.2. The molecule has 1 fully saturated rings. The van der Waals surface area contributed by atoms with Gasteiger partial charge in [-0.05, 0) is 64.8 Å². The molecule has 0 aliphatic carbocycles. The lowest BCUT2D eigenvalue weighted by atomic mass is 10.0. The second-order valence-electron chi connectivity index (χ2n) is 7.35. The second-order valence-corrected chi connectivity index (χ2v) is 7.35. The van der Waals surface area contributed by atoms with Gasteiger partial charge in [0, 0.05) is 30.7 Å². The van der Waals surface area contributed by atoms with Gasteiger partial charge in [0.15, 0.2) is 0 Å². The van der Waals surface area contributed by atoms with E-state index >= 15 is 0 Å². The summed E-state index contributed by atoms with van der Waals surface area (Å²) in [5.41, 5.74) is 0.513. The number of likely N-dealkylation sites (tertiary alicyclic amines) is 1. The number of carbonyl (C=O) groups excluding carboxylic acids is 2. The van der Waals surface area contributed by atoms with Crippen molar-refractivity contribution in [2.45, 2.75) is 58.7 Å². The largest absolute Gasteiger partial charge is 0.491 e. The summed E-state index contributed by atoms with van der Waals surface area (Å²) >= 11 is 0. The van der Waals surface area contributed by atoms with Crippen LogP contribution in [0.3, 0.4) is 0 Å². The van der Waals surface area contributed by atoms with Crippen LogP contribution in [0.15, 0.2) is 24.3 Å². The van der Waals surface area contributed by atoms with Crippen molar-refractivity contribution >= 4 is 11.8 Å². The Hall–Kier alpha value is -2.08. The molecule has 0 saturated carbocycles. The summed E-state index contributed by atoms with van der Waals surface area (Å²) < 4.78 is 5.55. The van der Waals surface area contributed by atoms with Gasteiger partial charge in [-0.1, -0.05) is 0 Å². The maximum Gasteiger partial charge on any atom is 0.251 e. The Morgan fingerprint density at radius 1 is 1.12 bits per heavy atom. The van der Waals surface area contributed by atoms with E-state index in [1.54, 1.807) is 24.3 Å². The van der Waals surface area contributed by atoms with Crippen LogP contribution in [0.25, 0.3) is 0 Å². The van der Waals surface area contributed by atoms with E-state index in [1.807, 2.05) is 13.8 Å². The van der Waals surface area contributed by atoms with E-state index in [4.69, 9.17) is 4.74 Å². The molecule has 1 aliphatic heterocycles. The highest BCUT2D eigenvalue weighted by Gasteiger charge is 2.22. The van der Waals surface area contributed by atoms with Crippen molar-refractivity contribution in [1.29, 1.82) is 0 Å².